The fraction of sp³-hybridized carbons (Fsp3) is 0.348. The van der Waals surface area contributed by atoms with Gasteiger partial charge in [-0.3, -0.25) is 9.69 Å². The van der Waals surface area contributed by atoms with Crippen LogP contribution in [0.3, 0.4) is 0 Å². The van der Waals surface area contributed by atoms with Crippen molar-refractivity contribution in [3.8, 4) is 5.75 Å². The predicted molar refractivity (Wildman–Crippen MR) is 112 cm³/mol. The van der Waals surface area contributed by atoms with Crippen LogP contribution in [0.25, 0.3) is 10.9 Å². The molecule has 0 radical (unpaired) electrons. The number of aromatic nitrogens is 1. The number of carbonyl (C=O) groups excluding carboxylic acids is 1. The Morgan fingerprint density at radius 1 is 1.21 bits per heavy atom. The molecule has 0 aliphatic carbocycles. The van der Waals surface area contributed by atoms with Gasteiger partial charge < -0.3 is 15.0 Å². The zero-order valence-corrected chi connectivity index (χ0v) is 16.3. The van der Waals surface area contributed by atoms with E-state index in [9.17, 15) is 4.79 Å². The van der Waals surface area contributed by atoms with Crippen molar-refractivity contribution in [2.75, 3.05) is 26.7 Å². The number of hydrogen-bond donors (Lipinski definition) is 2. The molecule has 28 heavy (non-hydrogen) atoms. The van der Waals surface area contributed by atoms with E-state index in [1.165, 1.54) is 16.5 Å². The van der Waals surface area contributed by atoms with Gasteiger partial charge in [0.2, 0.25) is 5.91 Å². The van der Waals surface area contributed by atoms with Crippen LogP contribution in [0.15, 0.2) is 54.7 Å². The maximum Gasteiger partial charge on any atom is 0.234 e. The largest absolute Gasteiger partial charge is 0.497 e. The van der Waals surface area contributed by atoms with Crippen molar-refractivity contribution in [1.29, 1.82) is 0 Å². The first-order valence-electron chi connectivity index (χ1n) is 9.94. The number of likely N-dealkylation sites (tertiary alicyclic amines) is 1. The monoisotopic (exact) mass is 377 g/mol. The number of H-pyrrole nitrogens is 1. The maximum absolute atomic E-state index is 12.5. The van der Waals surface area contributed by atoms with E-state index >= 15 is 0 Å². The number of ether oxygens (including phenoxy) is 1. The van der Waals surface area contributed by atoms with Crippen molar-refractivity contribution >= 4 is 16.8 Å². The van der Waals surface area contributed by atoms with Crippen LogP contribution in [0.5, 0.6) is 5.75 Å². The number of fused-ring (bicyclic) bond motifs is 1. The lowest BCUT2D eigenvalue weighted by Gasteiger charge is -2.24. The molecule has 0 saturated carbocycles. The molecule has 2 aromatic carbocycles. The number of nitrogens with one attached hydrogen (secondary N) is 2. The molecule has 5 heteroatoms. The SMILES string of the molecule is COc1ccc(C2CCCN2CC(=O)NCCc2c[nH]c3ccccc23)cc1. The average molecular weight is 377 g/mol. The number of aromatic amines is 1. The average Bonchev–Trinajstić information content (AvgIpc) is 3.35. The van der Waals surface area contributed by atoms with Crippen LogP contribution in [0.4, 0.5) is 0 Å². The first-order chi connectivity index (χ1) is 13.7. The Kier molecular flexibility index (Phi) is 5.63. The molecule has 1 saturated heterocycles. The Morgan fingerprint density at radius 2 is 2.04 bits per heavy atom. The number of benzene rings is 2. The van der Waals surface area contributed by atoms with Gasteiger partial charge in [-0.15, -0.1) is 0 Å². The molecule has 1 fully saturated rings. The Bertz CT molecular complexity index is 932. The molecule has 1 aromatic heterocycles. The van der Waals surface area contributed by atoms with E-state index < -0.39 is 0 Å². The highest BCUT2D eigenvalue weighted by molar-refractivity contribution is 5.83. The van der Waals surface area contributed by atoms with Crippen LogP contribution in [-0.4, -0.2) is 42.5 Å². The van der Waals surface area contributed by atoms with Gasteiger partial charge in [0.05, 0.1) is 13.7 Å². The van der Waals surface area contributed by atoms with Gasteiger partial charge in [-0.1, -0.05) is 30.3 Å². The molecule has 1 aliphatic rings. The van der Waals surface area contributed by atoms with Crippen molar-refractivity contribution in [1.82, 2.24) is 15.2 Å². The third-order valence-corrected chi connectivity index (χ3v) is 5.60. The summed E-state index contributed by atoms with van der Waals surface area (Å²) in [5.74, 6) is 0.962. The molecular formula is C23H27N3O2. The Morgan fingerprint density at radius 3 is 2.86 bits per heavy atom. The molecular weight excluding hydrogens is 350 g/mol. The molecule has 2 heterocycles. The summed E-state index contributed by atoms with van der Waals surface area (Å²) >= 11 is 0. The summed E-state index contributed by atoms with van der Waals surface area (Å²) in [6, 6.07) is 16.8. The van der Waals surface area contributed by atoms with Crippen LogP contribution in [0.2, 0.25) is 0 Å². The van der Waals surface area contributed by atoms with Gasteiger partial charge in [0.25, 0.3) is 0 Å². The highest BCUT2D eigenvalue weighted by Gasteiger charge is 2.27. The van der Waals surface area contributed by atoms with Crippen molar-refractivity contribution in [3.63, 3.8) is 0 Å². The number of amides is 1. The molecule has 0 bridgehead atoms. The molecule has 2 N–H and O–H groups in total. The smallest absolute Gasteiger partial charge is 0.234 e. The van der Waals surface area contributed by atoms with E-state index in [2.05, 4.69) is 39.5 Å². The van der Waals surface area contributed by atoms with Crippen LogP contribution >= 0.6 is 0 Å². The van der Waals surface area contributed by atoms with Crippen molar-refractivity contribution < 1.29 is 9.53 Å². The number of carbonyl (C=O) groups is 1. The van der Waals surface area contributed by atoms with E-state index in [0.29, 0.717) is 19.1 Å². The molecule has 3 aromatic rings. The van der Waals surface area contributed by atoms with Crippen LogP contribution < -0.4 is 10.1 Å². The van der Waals surface area contributed by atoms with Gasteiger partial charge in [-0.25, -0.2) is 0 Å². The summed E-state index contributed by atoms with van der Waals surface area (Å²) in [7, 11) is 1.68. The lowest BCUT2D eigenvalue weighted by atomic mass is 10.0. The number of nitrogens with zero attached hydrogens (tertiary/aromatic N) is 1. The minimum atomic E-state index is 0.0975. The summed E-state index contributed by atoms with van der Waals surface area (Å²) in [5.41, 5.74) is 3.64. The fourth-order valence-electron chi connectivity index (χ4n) is 4.13. The molecule has 4 rings (SSSR count). The number of hydrogen-bond acceptors (Lipinski definition) is 3. The summed E-state index contributed by atoms with van der Waals surface area (Å²) in [4.78, 5) is 18.1. The summed E-state index contributed by atoms with van der Waals surface area (Å²) in [6.07, 6.45) is 5.09. The van der Waals surface area contributed by atoms with E-state index in [4.69, 9.17) is 4.74 Å². The Labute approximate surface area is 165 Å². The molecule has 1 aliphatic heterocycles. The van der Waals surface area contributed by atoms with Gasteiger partial charge in [0, 0.05) is 29.7 Å². The number of rotatable bonds is 7. The lowest BCUT2D eigenvalue weighted by Crippen LogP contribution is -2.37. The Balaban J connectivity index is 1.30. The quantitative estimate of drug-likeness (QED) is 0.660. The van der Waals surface area contributed by atoms with Crippen molar-refractivity contribution in [2.24, 2.45) is 0 Å². The highest BCUT2D eigenvalue weighted by Crippen LogP contribution is 2.32. The first kappa shape index (κ1) is 18.6. The number of methoxy groups -OCH3 is 1. The molecule has 0 spiro atoms. The van der Waals surface area contributed by atoms with Gasteiger partial charge >= 0.3 is 0 Å². The van der Waals surface area contributed by atoms with Crippen molar-refractivity contribution in [2.45, 2.75) is 25.3 Å². The summed E-state index contributed by atoms with van der Waals surface area (Å²) in [6.45, 7) is 2.07. The van der Waals surface area contributed by atoms with Gasteiger partial charge in [-0.05, 0) is 55.1 Å². The van der Waals surface area contributed by atoms with Gasteiger partial charge in [0.1, 0.15) is 5.75 Å². The topological polar surface area (TPSA) is 57.4 Å². The second-order valence-electron chi connectivity index (χ2n) is 7.36. The van der Waals surface area contributed by atoms with E-state index in [0.717, 1.165) is 37.1 Å². The third kappa shape index (κ3) is 4.04. The lowest BCUT2D eigenvalue weighted by molar-refractivity contribution is -0.122. The van der Waals surface area contributed by atoms with Gasteiger partial charge in [0.15, 0.2) is 0 Å². The first-order valence-corrected chi connectivity index (χ1v) is 9.94. The van der Waals surface area contributed by atoms with Crippen LogP contribution in [0.1, 0.15) is 30.0 Å². The highest BCUT2D eigenvalue weighted by atomic mass is 16.5. The van der Waals surface area contributed by atoms with Crippen LogP contribution in [0, 0.1) is 0 Å². The Hall–Kier alpha value is -2.79. The van der Waals surface area contributed by atoms with Crippen molar-refractivity contribution in [3.05, 3.63) is 65.9 Å². The normalized spacial score (nSPS) is 17.1. The standard InChI is InChI=1S/C23H27N3O2/c1-28-19-10-8-17(9-11-19)22-7-4-14-26(22)16-23(27)24-13-12-18-15-25-21-6-3-2-5-20(18)21/h2-3,5-6,8-11,15,22,25H,4,7,12-14,16H2,1H3,(H,24,27). The molecule has 1 unspecified atom stereocenters. The predicted octanol–water partition coefficient (Wildman–Crippen LogP) is 3.67. The van der Waals surface area contributed by atoms with Crippen LogP contribution in [-0.2, 0) is 11.2 Å². The molecule has 1 atom stereocenters. The van der Waals surface area contributed by atoms with E-state index in [1.54, 1.807) is 7.11 Å². The number of para-hydroxylation sites is 1. The van der Waals surface area contributed by atoms with E-state index in [-0.39, 0.29) is 5.91 Å². The summed E-state index contributed by atoms with van der Waals surface area (Å²) < 4.78 is 5.24. The zero-order chi connectivity index (χ0) is 19.3. The minimum Gasteiger partial charge on any atom is -0.497 e. The zero-order valence-electron chi connectivity index (χ0n) is 16.3. The summed E-state index contributed by atoms with van der Waals surface area (Å²) in [5, 5.41) is 4.32. The van der Waals surface area contributed by atoms with Gasteiger partial charge in [-0.2, -0.15) is 0 Å². The molecule has 146 valence electrons. The molecule has 5 nitrogen and oxygen atoms in total. The fourth-order valence-corrected chi connectivity index (χ4v) is 4.13. The third-order valence-electron chi connectivity index (χ3n) is 5.60. The molecule has 1 amide bonds. The second kappa shape index (κ2) is 8.48. The second-order valence-corrected chi connectivity index (χ2v) is 7.36. The maximum atomic E-state index is 12.5. The minimum absolute atomic E-state index is 0.0975. The van der Waals surface area contributed by atoms with E-state index in [1.807, 2.05) is 30.5 Å².